The van der Waals surface area contributed by atoms with Gasteiger partial charge in [0.25, 0.3) is 0 Å². The maximum absolute atomic E-state index is 13.0. The number of nitrogens with zero attached hydrogens (tertiary/aromatic N) is 3. The fourth-order valence-corrected chi connectivity index (χ4v) is 5.33. The van der Waals surface area contributed by atoms with Crippen LogP contribution < -0.4 is 25.4 Å². The summed E-state index contributed by atoms with van der Waals surface area (Å²) >= 11 is 0. The molecule has 238 valence electrons. The van der Waals surface area contributed by atoms with E-state index in [2.05, 4.69) is 30.8 Å². The van der Waals surface area contributed by atoms with E-state index in [1.807, 2.05) is 0 Å². The van der Waals surface area contributed by atoms with Crippen LogP contribution >= 0.6 is 0 Å². The summed E-state index contributed by atoms with van der Waals surface area (Å²) in [5, 5.41) is 16.8. The molecule has 1 aliphatic carbocycles. The molecule has 2 amide bonds. The van der Waals surface area contributed by atoms with Crippen LogP contribution in [0.15, 0.2) is 42.7 Å². The van der Waals surface area contributed by atoms with E-state index in [0.717, 1.165) is 30.8 Å². The Morgan fingerprint density at radius 3 is 2.43 bits per heavy atom. The monoisotopic (exact) mass is 618 g/mol. The van der Waals surface area contributed by atoms with Crippen LogP contribution in [-0.4, -0.2) is 77.9 Å². The normalized spacial score (nSPS) is 15.8. The van der Waals surface area contributed by atoms with E-state index < -0.39 is 17.8 Å². The highest BCUT2D eigenvalue weighted by Gasteiger charge is 2.34. The van der Waals surface area contributed by atoms with Crippen molar-refractivity contribution in [3.8, 4) is 11.5 Å². The number of alkyl halides is 3. The van der Waals surface area contributed by atoms with Gasteiger partial charge in [-0.05, 0) is 43.2 Å². The SMILES string of the molecule is COc1ccc(CNC(=O)O)c(OC)c1.O=C(CNc1ncnc2ccc(C(F)(F)F)cc12)NC1CN(C2CCCCC2)C1. The van der Waals surface area contributed by atoms with Crippen LogP contribution in [-0.2, 0) is 17.5 Å². The fourth-order valence-electron chi connectivity index (χ4n) is 5.33. The summed E-state index contributed by atoms with van der Waals surface area (Å²) in [5.74, 6) is 1.29. The fraction of sp³-hybridized carbons (Fsp3) is 0.467. The van der Waals surface area contributed by atoms with Crippen molar-refractivity contribution >= 4 is 28.7 Å². The molecule has 0 atom stereocenters. The highest BCUT2D eigenvalue weighted by Crippen LogP contribution is 2.32. The molecule has 44 heavy (non-hydrogen) atoms. The number of carbonyl (C=O) groups excluding carboxylic acids is 1. The zero-order valence-electron chi connectivity index (χ0n) is 24.6. The second-order valence-electron chi connectivity index (χ2n) is 10.7. The molecule has 1 saturated heterocycles. The molecule has 3 aromatic rings. The van der Waals surface area contributed by atoms with Gasteiger partial charge < -0.3 is 30.5 Å². The van der Waals surface area contributed by atoms with Gasteiger partial charge in [-0.3, -0.25) is 9.69 Å². The Hall–Kier alpha value is -4.33. The van der Waals surface area contributed by atoms with Crippen LogP contribution in [0.2, 0.25) is 0 Å². The summed E-state index contributed by atoms with van der Waals surface area (Å²) in [4.78, 5) is 33.0. The van der Waals surface area contributed by atoms with E-state index in [4.69, 9.17) is 14.6 Å². The van der Waals surface area contributed by atoms with Gasteiger partial charge in [0.1, 0.15) is 23.6 Å². The third-order valence-electron chi connectivity index (χ3n) is 7.67. The van der Waals surface area contributed by atoms with Gasteiger partial charge in [-0.2, -0.15) is 13.2 Å². The van der Waals surface area contributed by atoms with Gasteiger partial charge in [-0.1, -0.05) is 19.3 Å². The Balaban J connectivity index is 0.000000249. The Labute approximate surface area is 253 Å². The molecular formula is C30H37F3N6O5. The molecule has 0 bridgehead atoms. The van der Waals surface area contributed by atoms with Crippen molar-refractivity contribution in [1.29, 1.82) is 0 Å². The van der Waals surface area contributed by atoms with Gasteiger partial charge in [-0.25, -0.2) is 14.8 Å². The number of aromatic nitrogens is 2. The Bertz CT molecular complexity index is 1430. The summed E-state index contributed by atoms with van der Waals surface area (Å²) in [6.07, 6.45) is 2.12. The van der Waals surface area contributed by atoms with Gasteiger partial charge in [0.2, 0.25) is 5.91 Å². The zero-order chi connectivity index (χ0) is 31.7. The maximum atomic E-state index is 13.0. The van der Waals surface area contributed by atoms with E-state index >= 15 is 0 Å². The Morgan fingerprint density at radius 1 is 1.02 bits per heavy atom. The standard InChI is InChI=1S/C20H24F3N5O.C10H13NO4/c21-20(22,23)13-6-7-17-16(8-13)19(26-12-25-17)24-9-18(29)27-14-10-28(11-14)15-4-2-1-3-5-15;1-14-8-4-3-7(6-11-10(12)13)9(5-8)15-2/h6-8,12,14-15H,1-5,9-11H2,(H,27,29)(H,24,25,26);3-5,11H,6H2,1-2H3,(H,12,13). The van der Waals surface area contributed by atoms with Gasteiger partial charge >= 0.3 is 12.3 Å². The second-order valence-corrected chi connectivity index (χ2v) is 10.7. The number of carbonyl (C=O) groups is 2. The molecule has 1 saturated carbocycles. The average Bonchev–Trinajstić information content (AvgIpc) is 3.00. The number of fused-ring (bicyclic) bond motifs is 1. The van der Waals surface area contributed by atoms with Crippen molar-refractivity contribution in [3.63, 3.8) is 0 Å². The number of ether oxygens (including phenoxy) is 2. The van der Waals surface area contributed by atoms with Crippen molar-refractivity contribution in [2.24, 2.45) is 0 Å². The molecule has 2 aliphatic rings. The number of likely N-dealkylation sites (tertiary alicyclic amines) is 1. The molecule has 14 heteroatoms. The number of hydrogen-bond acceptors (Lipinski definition) is 8. The molecule has 0 spiro atoms. The largest absolute Gasteiger partial charge is 0.497 e. The third kappa shape index (κ3) is 8.85. The van der Waals surface area contributed by atoms with Gasteiger partial charge in [-0.15, -0.1) is 0 Å². The number of amides is 2. The molecule has 4 N–H and O–H groups in total. The molecule has 5 rings (SSSR count). The van der Waals surface area contributed by atoms with E-state index in [1.54, 1.807) is 25.3 Å². The van der Waals surface area contributed by atoms with Gasteiger partial charge in [0.15, 0.2) is 0 Å². The summed E-state index contributed by atoms with van der Waals surface area (Å²) in [6, 6.07) is 9.28. The van der Waals surface area contributed by atoms with Crippen LogP contribution in [0.4, 0.5) is 23.8 Å². The first kappa shape index (κ1) is 32.6. The van der Waals surface area contributed by atoms with E-state index in [1.165, 1.54) is 51.6 Å². The second kappa shape index (κ2) is 14.9. The Kier molecular flexibility index (Phi) is 11.0. The maximum Gasteiger partial charge on any atom is 0.416 e. The molecule has 0 unspecified atom stereocenters. The van der Waals surface area contributed by atoms with E-state index in [0.29, 0.717) is 23.1 Å². The lowest BCUT2D eigenvalue weighted by molar-refractivity contribution is -0.137. The third-order valence-corrected chi connectivity index (χ3v) is 7.67. The molecule has 11 nitrogen and oxygen atoms in total. The minimum absolute atomic E-state index is 0.0533. The van der Waals surface area contributed by atoms with Crippen molar-refractivity contribution in [1.82, 2.24) is 25.5 Å². The highest BCUT2D eigenvalue weighted by molar-refractivity contribution is 5.91. The van der Waals surface area contributed by atoms with Crippen LogP contribution in [0.25, 0.3) is 10.9 Å². The highest BCUT2D eigenvalue weighted by atomic mass is 19.4. The smallest absolute Gasteiger partial charge is 0.416 e. The summed E-state index contributed by atoms with van der Waals surface area (Å²) in [6.45, 7) is 1.88. The van der Waals surface area contributed by atoms with Gasteiger partial charge in [0, 0.05) is 42.7 Å². The molecule has 0 radical (unpaired) electrons. The first-order valence-corrected chi connectivity index (χ1v) is 14.3. The lowest BCUT2D eigenvalue weighted by Crippen LogP contribution is -2.62. The van der Waals surface area contributed by atoms with E-state index in [-0.39, 0.29) is 36.2 Å². The number of carboxylic acid groups (broad SMARTS) is 1. The predicted molar refractivity (Wildman–Crippen MR) is 158 cm³/mol. The molecule has 2 aromatic carbocycles. The molecule has 1 aromatic heterocycles. The quantitative estimate of drug-likeness (QED) is 0.270. The predicted octanol–water partition coefficient (Wildman–Crippen LogP) is 4.67. The van der Waals surface area contributed by atoms with Crippen LogP contribution in [0, 0.1) is 0 Å². The summed E-state index contributed by atoms with van der Waals surface area (Å²) < 4.78 is 49.1. The van der Waals surface area contributed by atoms with Crippen molar-refractivity contribution < 1.29 is 37.3 Å². The van der Waals surface area contributed by atoms with Crippen molar-refractivity contribution in [3.05, 3.63) is 53.9 Å². The number of anilines is 1. The topological polar surface area (TPSA) is 138 Å². The first-order chi connectivity index (χ1) is 21.1. The Morgan fingerprint density at radius 2 is 1.77 bits per heavy atom. The number of methoxy groups -OCH3 is 2. The number of nitrogens with one attached hydrogen (secondary N) is 3. The van der Waals surface area contributed by atoms with Gasteiger partial charge in [0.05, 0.1) is 37.9 Å². The number of hydrogen-bond donors (Lipinski definition) is 4. The minimum atomic E-state index is -4.45. The molecule has 1 aliphatic heterocycles. The summed E-state index contributed by atoms with van der Waals surface area (Å²) in [7, 11) is 3.09. The van der Waals surface area contributed by atoms with Crippen molar-refractivity contribution in [2.45, 2.75) is 56.9 Å². The lowest BCUT2D eigenvalue weighted by Gasteiger charge is -2.45. The first-order valence-electron chi connectivity index (χ1n) is 14.3. The van der Waals surface area contributed by atoms with Crippen LogP contribution in [0.5, 0.6) is 11.5 Å². The average molecular weight is 619 g/mol. The number of halogens is 3. The van der Waals surface area contributed by atoms with Crippen LogP contribution in [0.3, 0.4) is 0 Å². The molecule has 2 fully saturated rings. The van der Waals surface area contributed by atoms with E-state index in [9.17, 15) is 22.8 Å². The lowest BCUT2D eigenvalue weighted by atomic mass is 9.91. The zero-order valence-corrected chi connectivity index (χ0v) is 24.6. The van der Waals surface area contributed by atoms with Crippen LogP contribution in [0.1, 0.15) is 43.2 Å². The number of benzene rings is 2. The summed E-state index contributed by atoms with van der Waals surface area (Å²) in [5.41, 5.74) is 0.378. The van der Waals surface area contributed by atoms with Crippen molar-refractivity contribution in [2.75, 3.05) is 39.2 Å². The minimum Gasteiger partial charge on any atom is -0.497 e. The number of rotatable bonds is 9. The molecule has 2 heterocycles. The molecular weight excluding hydrogens is 581 g/mol.